The molecule has 1 heterocycles. The average Bonchev–Trinajstić information content (AvgIpc) is 2.30. The van der Waals surface area contributed by atoms with Crippen LogP contribution in [0, 0.1) is 5.82 Å². The Hall–Kier alpha value is -0.420. The first-order valence-electron chi connectivity index (χ1n) is 5.74. The van der Waals surface area contributed by atoms with Gasteiger partial charge in [-0.25, -0.2) is 4.39 Å². The second-order valence-electron chi connectivity index (χ2n) is 4.17. The number of nitrogens with one attached hydrogen (secondary N) is 1. The molecule has 0 aliphatic carbocycles. The lowest BCUT2D eigenvalue weighted by atomic mass is 10.0. The normalized spacial score (nSPS) is 17.9. The molecule has 18 heavy (non-hydrogen) atoms. The minimum absolute atomic E-state index is 0. The van der Waals surface area contributed by atoms with Gasteiger partial charge in [0.25, 0.3) is 0 Å². The second-order valence-corrected chi connectivity index (χ2v) is 5.08. The van der Waals surface area contributed by atoms with E-state index in [1.165, 1.54) is 6.07 Å². The van der Waals surface area contributed by atoms with Crippen LogP contribution in [0.3, 0.4) is 0 Å². The first-order chi connectivity index (χ1) is 8.20. The summed E-state index contributed by atoms with van der Waals surface area (Å²) in [5.74, 6) is -0.212. The minimum Gasteiger partial charge on any atom is -0.314 e. The van der Waals surface area contributed by atoms with Gasteiger partial charge in [-0.15, -0.1) is 19.0 Å². The van der Waals surface area contributed by atoms with Crippen molar-refractivity contribution in [3.63, 3.8) is 0 Å². The molecule has 1 aliphatic heterocycles. The van der Waals surface area contributed by atoms with Gasteiger partial charge in [-0.3, -0.25) is 4.90 Å². The summed E-state index contributed by atoms with van der Waals surface area (Å²) in [6.07, 6.45) is 1.88. The average molecular weight is 336 g/mol. The van der Waals surface area contributed by atoms with Crippen LogP contribution >= 0.6 is 28.3 Å². The van der Waals surface area contributed by atoms with Crippen LogP contribution in [0.4, 0.5) is 4.39 Å². The van der Waals surface area contributed by atoms with Gasteiger partial charge < -0.3 is 5.32 Å². The zero-order chi connectivity index (χ0) is 12.3. The van der Waals surface area contributed by atoms with Gasteiger partial charge in [0, 0.05) is 30.7 Å². The van der Waals surface area contributed by atoms with E-state index in [0.29, 0.717) is 0 Å². The Labute approximate surface area is 122 Å². The summed E-state index contributed by atoms with van der Waals surface area (Å²) in [4.78, 5) is 2.31. The molecule has 0 unspecified atom stereocenters. The monoisotopic (exact) mass is 334 g/mol. The highest BCUT2D eigenvalue weighted by Gasteiger charge is 2.20. The largest absolute Gasteiger partial charge is 0.314 e. The number of halogens is 3. The van der Waals surface area contributed by atoms with Gasteiger partial charge >= 0.3 is 0 Å². The van der Waals surface area contributed by atoms with Crippen LogP contribution < -0.4 is 5.32 Å². The Bertz CT molecular complexity index is 388. The number of hydrogen-bond acceptors (Lipinski definition) is 2. The zero-order valence-electron chi connectivity index (χ0n) is 10.0. The second kappa shape index (κ2) is 7.24. The van der Waals surface area contributed by atoms with E-state index in [-0.39, 0.29) is 24.3 Å². The van der Waals surface area contributed by atoms with Gasteiger partial charge in [-0.05, 0) is 23.8 Å². The van der Waals surface area contributed by atoms with E-state index >= 15 is 0 Å². The number of piperazine rings is 1. The van der Waals surface area contributed by atoms with Crippen molar-refractivity contribution in [2.75, 3.05) is 26.2 Å². The molecular formula is C13H17BrClFN2. The molecule has 1 aromatic carbocycles. The molecule has 2 rings (SSSR count). The topological polar surface area (TPSA) is 15.3 Å². The van der Waals surface area contributed by atoms with Crippen molar-refractivity contribution in [3.05, 3.63) is 46.7 Å². The highest BCUT2D eigenvalue weighted by Crippen LogP contribution is 2.26. The van der Waals surface area contributed by atoms with Crippen LogP contribution in [0.25, 0.3) is 0 Å². The van der Waals surface area contributed by atoms with Crippen molar-refractivity contribution in [1.82, 2.24) is 10.2 Å². The minimum atomic E-state index is -0.212. The van der Waals surface area contributed by atoms with E-state index in [1.54, 1.807) is 6.07 Å². The highest BCUT2D eigenvalue weighted by atomic mass is 79.9. The fourth-order valence-electron chi connectivity index (χ4n) is 2.20. The summed E-state index contributed by atoms with van der Waals surface area (Å²) in [5, 5.41) is 3.31. The maximum absolute atomic E-state index is 13.4. The maximum atomic E-state index is 13.4. The first kappa shape index (κ1) is 15.6. The number of nitrogens with zero attached hydrogens (tertiary/aromatic N) is 1. The fraction of sp³-hybridized carbons (Fsp3) is 0.385. The van der Waals surface area contributed by atoms with Crippen molar-refractivity contribution in [2.24, 2.45) is 0 Å². The molecule has 1 atom stereocenters. The van der Waals surface area contributed by atoms with E-state index in [0.717, 1.165) is 36.2 Å². The predicted octanol–water partition coefficient (Wildman–Crippen LogP) is 3.14. The number of benzene rings is 1. The third kappa shape index (κ3) is 3.79. The van der Waals surface area contributed by atoms with Gasteiger partial charge in [-0.2, -0.15) is 0 Å². The predicted molar refractivity (Wildman–Crippen MR) is 78.7 cm³/mol. The van der Waals surface area contributed by atoms with Crippen LogP contribution in [0.1, 0.15) is 11.6 Å². The molecule has 1 N–H and O–H groups in total. The molecule has 2 nitrogen and oxygen atoms in total. The number of hydrogen-bond donors (Lipinski definition) is 1. The zero-order valence-corrected chi connectivity index (χ0v) is 12.4. The molecule has 1 aromatic rings. The van der Waals surface area contributed by atoms with Crippen LogP contribution in [0.15, 0.2) is 35.3 Å². The van der Waals surface area contributed by atoms with Crippen LogP contribution in [-0.4, -0.2) is 31.1 Å². The Kier molecular flexibility index (Phi) is 6.29. The summed E-state index contributed by atoms with van der Waals surface area (Å²) < 4.78 is 14.2. The lowest BCUT2D eigenvalue weighted by molar-refractivity contribution is 0.203. The van der Waals surface area contributed by atoms with Gasteiger partial charge in [0.2, 0.25) is 0 Å². The van der Waals surface area contributed by atoms with Gasteiger partial charge in [0.05, 0.1) is 6.04 Å². The van der Waals surface area contributed by atoms with Crippen molar-refractivity contribution in [1.29, 1.82) is 0 Å². The molecule has 0 saturated carbocycles. The summed E-state index contributed by atoms with van der Waals surface area (Å²) in [6, 6.07) is 5.10. The smallest absolute Gasteiger partial charge is 0.124 e. The molecule has 1 fully saturated rings. The molecule has 100 valence electrons. The standard InChI is InChI=1S/C13H16BrFN2.ClH/c1-2-13(17-5-3-16-4-6-17)10-7-11(14)9-12(15)8-10;/h2,7-9,13,16H,1,3-6H2;1H/t13-;/m1./s1. The molecule has 0 aromatic heterocycles. The number of rotatable bonds is 3. The van der Waals surface area contributed by atoms with Crippen molar-refractivity contribution in [2.45, 2.75) is 6.04 Å². The summed E-state index contributed by atoms with van der Waals surface area (Å²) in [6.45, 7) is 7.74. The van der Waals surface area contributed by atoms with Crippen LogP contribution in [0.2, 0.25) is 0 Å². The lowest BCUT2D eigenvalue weighted by Crippen LogP contribution is -2.44. The molecule has 1 aliphatic rings. The van der Waals surface area contributed by atoms with E-state index in [2.05, 4.69) is 32.7 Å². The van der Waals surface area contributed by atoms with Gasteiger partial charge in [0.15, 0.2) is 0 Å². The van der Waals surface area contributed by atoms with Crippen molar-refractivity contribution >= 4 is 28.3 Å². The van der Waals surface area contributed by atoms with Gasteiger partial charge in [0.1, 0.15) is 5.82 Å². The summed E-state index contributed by atoms with van der Waals surface area (Å²) in [7, 11) is 0. The van der Waals surface area contributed by atoms with E-state index in [9.17, 15) is 4.39 Å². The van der Waals surface area contributed by atoms with Crippen LogP contribution in [0.5, 0.6) is 0 Å². The van der Waals surface area contributed by atoms with Crippen LogP contribution in [-0.2, 0) is 0 Å². The fourth-order valence-corrected chi connectivity index (χ4v) is 2.69. The lowest BCUT2D eigenvalue weighted by Gasteiger charge is -2.33. The van der Waals surface area contributed by atoms with Crippen molar-refractivity contribution in [3.8, 4) is 0 Å². The molecule has 0 radical (unpaired) electrons. The van der Waals surface area contributed by atoms with E-state index in [1.807, 2.05) is 12.1 Å². The van der Waals surface area contributed by atoms with Gasteiger partial charge in [-0.1, -0.05) is 22.0 Å². The Balaban J connectivity index is 0.00000162. The molecule has 0 amide bonds. The quantitative estimate of drug-likeness (QED) is 0.854. The third-order valence-corrected chi connectivity index (χ3v) is 3.45. The maximum Gasteiger partial charge on any atom is 0.124 e. The highest BCUT2D eigenvalue weighted by molar-refractivity contribution is 9.10. The Morgan fingerprint density at radius 3 is 2.56 bits per heavy atom. The van der Waals surface area contributed by atoms with Crippen molar-refractivity contribution < 1.29 is 4.39 Å². The molecule has 0 spiro atoms. The SMILES string of the molecule is C=C[C@H](c1cc(F)cc(Br)c1)N1CCNCC1.Cl. The first-order valence-corrected chi connectivity index (χ1v) is 6.53. The molecule has 1 saturated heterocycles. The molecular weight excluding hydrogens is 319 g/mol. The summed E-state index contributed by atoms with van der Waals surface area (Å²) >= 11 is 3.33. The molecule has 0 bridgehead atoms. The summed E-state index contributed by atoms with van der Waals surface area (Å²) in [5.41, 5.74) is 0.953. The van der Waals surface area contributed by atoms with E-state index < -0.39 is 0 Å². The molecule has 5 heteroatoms. The third-order valence-electron chi connectivity index (χ3n) is 2.99. The Morgan fingerprint density at radius 2 is 2.00 bits per heavy atom. The van der Waals surface area contributed by atoms with E-state index in [4.69, 9.17) is 0 Å². The Morgan fingerprint density at radius 1 is 1.33 bits per heavy atom.